The number of carbonyl (C=O) groups is 1. The highest BCUT2D eigenvalue weighted by Gasteiger charge is 2.30. The maximum atomic E-state index is 13.1. The predicted molar refractivity (Wildman–Crippen MR) is 126 cm³/mol. The molecule has 4 rings (SSSR count). The zero-order chi connectivity index (χ0) is 22.9. The molecule has 166 valence electrons. The van der Waals surface area contributed by atoms with Crippen LogP contribution in [-0.4, -0.2) is 55.7 Å². The van der Waals surface area contributed by atoms with Crippen LogP contribution < -0.4 is 11.5 Å². The number of aliphatic imine (C=N–C) groups is 1. The van der Waals surface area contributed by atoms with Gasteiger partial charge in [-0.15, -0.1) is 0 Å². The number of halogens is 1. The molecule has 3 aromatic carbocycles. The third-order valence-electron chi connectivity index (χ3n) is 5.31. The van der Waals surface area contributed by atoms with Crippen LogP contribution in [-0.2, 0) is 10.0 Å². The van der Waals surface area contributed by atoms with Crippen molar-refractivity contribution in [2.75, 3.05) is 26.2 Å². The van der Waals surface area contributed by atoms with Gasteiger partial charge in [0.2, 0.25) is 10.0 Å². The van der Waals surface area contributed by atoms with Gasteiger partial charge in [0.15, 0.2) is 5.96 Å². The molecule has 1 saturated heterocycles. The zero-order valence-electron chi connectivity index (χ0n) is 17.1. The second-order valence-electron chi connectivity index (χ2n) is 7.43. The molecule has 0 aromatic heterocycles. The van der Waals surface area contributed by atoms with Crippen LogP contribution in [0.4, 0.5) is 5.69 Å². The fraction of sp³-hybridized carbons (Fsp3) is 0.182. The van der Waals surface area contributed by atoms with Crippen LogP contribution >= 0.6 is 11.6 Å². The van der Waals surface area contributed by atoms with Crippen LogP contribution in [0.2, 0.25) is 5.02 Å². The molecule has 1 heterocycles. The minimum atomic E-state index is -3.67. The van der Waals surface area contributed by atoms with Crippen molar-refractivity contribution in [2.45, 2.75) is 4.90 Å². The number of nitrogens with two attached hydrogens (primary N) is 2. The molecule has 10 heteroatoms. The summed E-state index contributed by atoms with van der Waals surface area (Å²) in [5.41, 5.74) is 11.8. The summed E-state index contributed by atoms with van der Waals surface area (Å²) in [7, 11) is -3.67. The Morgan fingerprint density at radius 2 is 1.50 bits per heavy atom. The van der Waals surface area contributed by atoms with E-state index in [1.807, 2.05) is 0 Å². The van der Waals surface area contributed by atoms with E-state index in [4.69, 9.17) is 23.1 Å². The monoisotopic (exact) mass is 471 g/mol. The Labute approximate surface area is 191 Å². The van der Waals surface area contributed by atoms with Crippen molar-refractivity contribution in [1.82, 2.24) is 9.21 Å². The Bertz CT molecular complexity index is 1300. The molecule has 32 heavy (non-hydrogen) atoms. The number of piperazine rings is 1. The number of fused-ring (bicyclic) bond motifs is 1. The third kappa shape index (κ3) is 4.55. The number of sulfonamides is 1. The summed E-state index contributed by atoms with van der Waals surface area (Å²) < 4.78 is 27.7. The summed E-state index contributed by atoms with van der Waals surface area (Å²) >= 11 is 6.01. The standard InChI is InChI=1S/C22H22ClN5O3S/c23-18-5-1-17-14-20(8-4-16(17)13-18)32(30,31)28-11-9-27(10-12-28)21(29)15-2-6-19(7-3-15)26-22(24)25/h1-8,13-14H,9-12H2,(H4,24,25,26). The first-order valence-electron chi connectivity index (χ1n) is 9.92. The van der Waals surface area contributed by atoms with Gasteiger partial charge in [-0.05, 0) is 59.3 Å². The molecule has 1 aliphatic rings. The maximum Gasteiger partial charge on any atom is 0.253 e. The molecule has 1 aliphatic heterocycles. The fourth-order valence-electron chi connectivity index (χ4n) is 3.65. The van der Waals surface area contributed by atoms with Gasteiger partial charge in [-0.3, -0.25) is 4.79 Å². The lowest BCUT2D eigenvalue weighted by atomic mass is 10.1. The summed E-state index contributed by atoms with van der Waals surface area (Å²) in [4.78, 5) is 18.6. The molecule has 1 fully saturated rings. The van der Waals surface area contributed by atoms with Gasteiger partial charge in [-0.2, -0.15) is 4.31 Å². The lowest BCUT2D eigenvalue weighted by Gasteiger charge is -2.34. The van der Waals surface area contributed by atoms with E-state index in [9.17, 15) is 13.2 Å². The first-order valence-corrected chi connectivity index (χ1v) is 11.7. The first-order chi connectivity index (χ1) is 15.2. The van der Waals surface area contributed by atoms with Gasteiger partial charge in [0.05, 0.1) is 10.6 Å². The van der Waals surface area contributed by atoms with Crippen molar-refractivity contribution in [2.24, 2.45) is 16.5 Å². The number of amides is 1. The zero-order valence-corrected chi connectivity index (χ0v) is 18.7. The normalized spacial score (nSPS) is 15.0. The Balaban J connectivity index is 1.45. The van der Waals surface area contributed by atoms with E-state index in [0.29, 0.717) is 29.4 Å². The second-order valence-corrected chi connectivity index (χ2v) is 9.81. The van der Waals surface area contributed by atoms with E-state index in [1.165, 1.54) is 4.31 Å². The van der Waals surface area contributed by atoms with Gasteiger partial charge in [0, 0.05) is 36.8 Å². The van der Waals surface area contributed by atoms with Crippen LogP contribution in [0.3, 0.4) is 0 Å². The molecule has 0 aliphatic carbocycles. The van der Waals surface area contributed by atoms with Crippen molar-refractivity contribution in [3.63, 3.8) is 0 Å². The van der Waals surface area contributed by atoms with Crippen molar-refractivity contribution in [3.8, 4) is 0 Å². The highest BCUT2D eigenvalue weighted by atomic mass is 35.5. The van der Waals surface area contributed by atoms with Gasteiger partial charge < -0.3 is 16.4 Å². The summed E-state index contributed by atoms with van der Waals surface area (Å²) in [5, 5.41) is 2.27. The molecule has 8 nitrogen and oxygen atoms in total. The lowest BCUT2D eigenvalue weighted by Crippen LogP contribution is -2.50. The van der Waals surface area contributed by atoms with Gasteiger partial charge in [0.1, 0.15) is 0 Å². The quantitative estimate of drug-likeness (QED) is 0.447. The minimum Gasteiger partial charge on any atom is -0.370 e. The van der Waals surface area contributed by atoms with Crippen molar-refractivity contribution in [1.29, 1.82) is 0 Å². The van der Waals surface area contributed by atoms with Crippen LogP contribution in [0.1, 0.15) is 10.4 Å². The number of carbonyl (C=O) groups excluding carboxylic acids is 1. The molecule has 0 atom stereocenters. The number of benzene rings is 3. The van der Waals surface area contributed by atoms with E-state index in [0.717, 1.165) is 10.8 Å². The number of guanidine groups is 1. The van der Waals surface area contributed by atoms with E-state index in [1.54, 1.807) is 65.6 Å². The van der Waals surface area contributed by atoms with Crippen molar-refractivity contribution in [3.05, 3.63) is 71.2 Å². The smallest absolute Gasteiger partial charge is 0.253 e. The Morgan fingerprint density at radius 1 is 0.875 bits per heavy atom. The van der Waals surface area contributed by atoms with E-state index >= 15 is 0 Å². The molecule has 0 saturated carbocycles. The molecular formula is C22H22ClN5O3S. The lowest BCUT2D eigenvalue weighted by molar-refractivity contribution is 0.0698. The fourth-order valence-corrected chi connectivity index (χ4v) is 5.28. The van der Waals surface area contributed by atoms with Crippen LogP contribution in [0.5, 0.6) is 0 Å². The van der Waals surface area contributed by atoms with Crippen molar-refractivity contribution >= 4 is 50.0 Å². The molecular weight excluding hydrogens is 450 g/mol. The van der Waals surface area contributed by atoms with Crippen molar-refractivity contribution < 1.29 is 13.2 Å². The molecule has 3 aromatic rings. The SMILES string of the molecule is NC(N)=Nc1ccc(C(=O)N2CCN(S(=O)(=O)c3ccc4cc(Cl)ccc4c3)CC2)cc1. The number of nitrogens with zero attached hydrogens (tertiary/aromatic N) is 3. The summed E-state index contributed by atoms with van der Waals surface area (Å²) in [6.07, 6.45) is 0. The average molecular weight is 472 g/mol. The van der Waals surface area contributed by atoms with Crippen LogP contribution in [0, 0.1) is 0 Å². The topological polar surface area (TPSA) is 122 Å². The molecule has 0 spiro atoms. The van der Waals surface area contributed by atoms with Gasteiger partial charge in [-0.1, -0.05) is 23.7 Å². The average Bonchev–Trinajstić information content (AvgIpc) is 2.78. The maximum absolute atomic E-state index is 13.1. The van der Waals surface area contributed by atoms with Gasteiger partial charge >= 0.3 is 0 Å². The minimum absolute atomic E-state index is 0.0587. The molecule has 0 radical (unpaired) electrons. The van der Waals surface area contributed by atoms with Crippen LogP contribution in [0.15, 0.2) is 70.6 Å². The number of hydrogen-bond donors (Lipinski definition) is 2. The highest BCUT2D eigenvalue weighted by molar-refractivity contribution is 7.89. The molecule has 4 N–H and O–H groups in total. The van der Waals surface area contributed by atoms with Gasteiger partial charge in [-0.25, -0.2) is 13.4 Å². The number of hydrogen-bond acceptors (Lipinski definition) is 4. The summed E-state index contributed by atoms with van der Waals surface area (Å²) in [6, 6.07) is 16.9. The number of rotatable bonds is 4. The molecule has 0 bridgehead atoms. The summed E-state index contributed by atoms with van der Waals surface area (Å²) in [5.74, 6) is -0.225. The predicted octanol–water partition coefficient (Wildman–Crippen LogP) is 2.54. The first kappa shape index (κ1) is 22.1. The largest absolute Gasteiger partial charge is 0.370 e. The van der Waals surface area contributed by atoms with Gasteiger partial charge in [0.25, 0.3) is 5.91 Å². The Hall–Kier alpha value is -3.14. The van der Waals surface area contributed by atoms with Crippen LogP contribution in [0.25, 0.3) is 10.8 Å². The van der Waals surface area contributed by atoms with E-state index in [2.05, 4.69) is 4.99 Å². The Morgan fingerprint density at radius 3 is 2.16 bits per heavy atom. The molecule has 0 unspecified atom stereocenters. The van der Waals surface area contributed by atoms with E-state index < -0.39 is 10.0 Å². The molecule has 1 amide bonds. The third-order valence-corrected chi connectivity index (χ3v) is 7.44. The van der Waals surface area contributed by atoms with E-state index in [-0.39, 0.29) is 29.9 Å². The highest BCUT2D eigenvalue weighted by Crippen LogP contribution is 2.25. The summed E-state index contributed by atoms with van der Waals surface area (Å²) in [6.45, 7) is 1.05. The second kappa shape index (κ2) is 8.78. The Kier molecular flexibility index (Phi) is 6.05.